The Hall–Kier alpha value is -2.04. The molecule has 0 aliphatic heterocycles. The summed E-state index contributed by atoms with van der Waals surface area (Å²) < 4.78 is 43.9. The van der Waals surface area contributed by atoms with Crippen LogP contribution in [-0.4, -0.2) is 63.1 Å². The zero-order valence-corrected chi connectivity index (χ0v) is 14.2. The summed E-state index contributed by atoms with van der Waals surface area (Å²) in [6.45, 7) is 0.597. The fourth-order valence-corrected chi connectivity index (χ4v) is 2.80. The predicted molar refractivity (Wildman–Crippen MR) is 81.8 cm³/mol. The molecule has 2 atom stereocenters. The van der Waals surface area contributed by atoms with Crippen LogP contribution in [0.1, 0.15) is 6.92 Å². The average molecular weight is 362 g/mol. The van der Waals surface area contributed by atoms with E-state index in [1.807, 2.05) is 4.72 Å². The van der Waals surface area contributed by atoms with Crippen LogP contribution in [0.5, 0.6) is 0 Å². The van der Waals surface area contributed by atoms with E-state index in [0.717, 1.165) is 24.3 Å². The topological polar surface area (TPSA) is 113 Å². The molecule has 24 heavy (non-hydrogen) atoms. The molecule has 1 aromatic carbocycles. The van der Waals surface area contributed by atoms with Crippen LogP contribution >= 0.6 is 0 Å². The fourth-order valence-electron chi connectivity index (χ4n) is 1.54. The second-order valence-electron chi connectivity index (χ2n) is 5.19. The number of amides is 1. The number of aliphatic hydroxyl groups excluding tert-OH is 1. The third-order valence-corrected chi connectivity index (χ3v) is 4.44. The number of nitrogens with zero attached hydrogens (tertiary/aromatic N) is 1. The van der Waals surface area contributed by atoms with Gasteiger partial charge in [0.15, 0.2) is 6.61 Å². The summed E-state index contributed by atoms with van der Waals surface area (Å²) in [6, 6.07) is 2.30. The molecule has 0 saturated heterocycles. The Balaban J connectivity index is 2.87. The first-order valence-corrected chi connectivity index (χ1v) is 8.35. The van der Waals surface area contributed by atoms with Gasteiger partial charge in [0, 0.05) is 14.1 Å². The Bertz CT molecular complexity index is 688. The van der Waals surface area contributed by atoms with Gasteiger partial charge in [-0.25, -0.2) is 12.8 Å². The Kier molecular flexibility index (Phi) is 6.81. The highest BCUT2D eigenvalue weighted by Gasteiger charge is 2.31. The minimum Gasteiger partial charge on any atom is -0.454 e. The molecule has 0 spiro atoms. The van der Waals surface area contributed by atoms with Crippen LogP contribution < -0.4 is 4.72 Å². The van der Waals surface area contributed by atoms with Crippen molar-refractivity contribution in [3.05, 3.63) is 30.1 Å². The molecule has 0 fully saturated rings. The van der Waals surface area contributed by atoms with Crippen molar-refractivity contribution in [1.82, 2.24) is 9.62 Å². The highest BCUT2D eigenvalue weighted by atomic mass is 32.2. The van der Waals surface area contributed by atoms with E-state index in [9.17, 15) is 27.5 Å². The van der Waals surface area contributed by atoms with Crippen molar-refractivity contribution in [2.24, 2.45) is 0 Å². The van der Waals surface area contributed by atoms with Gasteiger partial charge in [0.1, 0.15) is 11.9 Å². The molecular formula is C14H19FN2O6S. The lowest BCUT2D eigenvalue weighted by molar-refractivity contribution is -0.154. The molecule has 1 amide bonds. The molecule has 0 saturated carbocycles. The number of ether oxygens (including phenoxy) is 1. The summed E-state index contributed by atoms with van der Waals surface area (Å²) in [5.41, 5.74) is 0. The number of benzene rings is 1. The number of likely N-dealkylation sites (N-methyl/N-ethyl adjacent to an activating group) is 1. The van der Waals surface area contributed by atoms with E-state index in [1.165, 1.54) is 25.9 Å². The number of sulfonamides is 1. The lowest BCUT2D eigenvalue weighted by Gasteiger charge is -2.20. The molecule has 0 aliphatic rings. The molecule has 0 heterocycles. The van der Waals surface area contributed by atoms with E-state index in [4.69, 9.17) is 4.74 Å². The maximum atomic E-state index is 12.9. The maximum Gasteiger partial charge on any atom is 0.327 e. The van der Waals surface area contributed by atoms with Crippen molar-refractivity contribution >= 4 is 21.9 Å². The first-order valence-electron chi connectivity index (χ1n) is 6.87. The van der Waals surface area contributed by atoms with Crippen molar-refractivity contribution in [3.63, 3.8) is 0 Å². The summed E-state index contributed by atoms with van der Waals surface area (Å²) in [6.07, 6.45) is -1.41. The quantitative estimate of drug-likeness (QED) is 0.632. The van der Waals surface area contributed by atoms with Gasteiger partial charge in [-0.1, -0.05) is 0 Å². The maximum absolute atomic E-state index is 12.9. The van der Waals surface area contributed by atoms with E-state index >= 15 is 0 Å². The molecule has 10 heteroatoms. The lowest BCUT2D eigenvalue weighted by Crippen LogP contribution is -2.49. The zero-order chi connectivity index (χ0) is 18.5. The summed E-state index contributed by atoms with van der Waals surface area (Å²) >= 11 is 0. The second-order valence-corrected chi connectivity index (χ2v) is 6.90. The van der Waals surface area contributed by atoms with Crippen molar-refractivity contribution in [3.8, 4) is 0 Å². The number of aliphatic hydroxyl groups is 1. The second kappa shape index (κ2) is 8.18. The van der Waals surface area contributed by atoms with Crippen molar-refractivity contribution in [2.45, 2.75) is 24.0 Å². The molecular weight excluding hydrogens is 343 g/mol. The third-order valence-electron chi connectivity index (χ3n) is 2.98. The van der Waals surface area contributed by atoms with Gasteiger partial charge in [0.05, 0.1) is 11.0 Å². The van der Waals surface area contributed by atoms with Gasteiger partial charge >= 0.3 is 5.97 Å². The number of hydrogen-bond donors (Lipinski definition) is 2. The molecule has 0 unspecified atom stereocenters. The normalized spacial score (nSPS) is 13.9. The molecule has 0 radical (unpaired) electrons. The molecule has 8 nitrogen and oxygen atoms in total. The Labute approximate surface area is 139 Å². The van der Waals surface area contributed by atoms with E-state index in [0.29, 0.717) is 0 Å². The Morgan fingerprint density at radius 2 is 1.83 bits per heavy atom. The Morgan fingerprint density at radius 1 is 1.29 bits per heavy atom. The van der Waals surface area contributed by atoms with E-state index in [-0.39, 0.29) is 4.90 Å². The molecule has 0 aliphatic carbocycles. The van der Waals surface area contributed by atoms with Crippen LogP contribution in [0.15, 0.2) is 29.2 Å². The SMILES string of the molecule is C[C@H](O)[C@@H](NS(=O)(=O)c1ccc(F)cc1)C(=O)OCC(=O)N(C)C. The van der Waals surface area contributed by atoms with Gasteiger partial charge < -0.3 is 14.7 Å². The monoisotopic (exact) mass is 362 g/mol. The number of nitrogens with one attached hydrogen (secondary N) is 1. The lowest BCUT2D eigenvalue weighted by atomic mass is 10.2. The van der Waals surface area contributed by atoms with Crippen LogP contribution in [-0.2, 0) is 24.3 Å². The predicted octanol–water partition coefficient (Wildman–Crippen LogP) is -0.515. The van der Waals surface area contributed by atoms with Crippen LogP contribution in [0.2, 0.25) is 0 Å². The summed E-state index contributed by atoms with van der Waals surface area (Å²) in [7, 11) is -1.28. The number of carbonyl (C=O) groups is 2. The molecule has 1 rings (SSSR count). The molecule has 0 bridgehead atoms. The van der Waals surface area contributed by atoms with Crippen LogP contribution in [0.4, 0.5) is 4.39 Å². The van der Waals surface area contributed by atoms with Crippen molar-refractivity contribution in [2.75, 3.05) is 20.7 Å². The van der Waals surface area contributed by atoms with Crippen LogP contribution in [0, 0.1) is 5.82 Å². The number of esters is 1. The highest BCUT2D eigenvalue weighted by Crippen LogP contribution is 2.11. The number of rotatable bonds is 7. The van der Waals surface area contributed by atoms with Gasteiger partial charge in [0.2, 0.25) is 10.0 Å². The van der Waals surface area contributed by atoms with Crippen molar-refractivity contribution < 1.29 is 32.2 Å². The van der Waals surface area contributed by atoms with Gasteiger partial charge in [-0.05, 0) is 31.2 Å². The minimum absolute atomic E-state index is 0.285. The third kappa shape index (κ3) is 5.55. The fraction of sp³-hybridized carbons (Fsp3) is 0.429. The number of carbonyl (C=O) groups excluding carboxylic acids is 2. The number of halogens is 1. The van der Waals surface area contributed by atoms with Gasteiger partial charge in [0.25, 0.3) is 5.91 Å². The smallest absolute Gasteiger partial charge is 0.327 e. The number of hydrogen-bond acceptors (Lipinski definition) is 6. The van der Waals surface area contributed by atoms with Gasteiger partial charge in [-0.3, -0.25) is 9.59 Å². The molecule has 0 aromatic heterocycles. The Morgan fingerprint density at radius 3 is 2.29 bits per heavy atom. The first-order chi connectivity index (χ1) is 11.0. The van der Waals surface area contributed by atoms with E-state index < -0.39 is 46.5 Å². The van der Waals surface area contributed by atoms with Crippen molar-refractivity contribution in [1.29, 1.82) is 0 Å². The van der Waals surface area contributed by atoms with Crippen LogP contribution in [0.25, 0.3) is 0 Å². The molecule has 2 N–H and O–H groups in total. The van der Waals surface area contributed by atoms with Gasteiger partial charge in [-0.2, -0.15) is 4.72 Å². The first kappa shape index (κ1) is 20.0. The highest BCUT2D eigenvalue weighted by molar-refractivity contribution is 7.89. The summed E-state index contributed by atoms with van der Waals surface area (Å²) in [5.74, 6) is -2.23. The van der Waals surface area contributed by atoms with E-state index in [1.54, 1.807) is 0 Å². The average Bonchev–Trinajstić information content (AvgIpc) is 2.50. The summed E-state index contributed by atoms with van der Waals surface area (Å²) in [5, 5.41) is 9.63. The minimum atomic E-state index is -4.19. The zero-order valence-electron chi connectivity index (χ0n) is 13.4. The van der Waals surface area contributed by atoms with E-state index in [2.05, 4.69) is 0 Å². The molecule has 1 aromatic rings. The summed E-state index contributed by atoms with van der Waals surface area (Å²) in [4.78, 5) is 24.2. The molecule has 134 valence electrons. The van der Waals surface area contributed by atoms with Crippen LogP contribution in [0.3, 0.4) is 0 Å². The standard InChI is InChI=1S/C14H19FN2O6S/c1-9(18)13(14(20)23-8-12(19)17(2)3)16-24(21,22)11-6-4-10(15)5-7-11/h4-7,9,13,16,18H,8H2,1-3H3/t9-,13+/m0/s1. The largest absolute Gasteiger partial charge is 0.454 e. The van der Waals surface area contributed by atoms with Gasteiger partial charge in [-0.15, -0.1) is 0 Å².